The molecule has 0 fully saturated rings. The van der Waals surface area contributed by atoms with Gasteiger partial charge in [0.1, 0.15) is 5.54 Å². The van der Waals surface area contributed by atoms with Gasteiger partial charge in [-0.2, -0.15) is 0 Å². The van der Waals surface area contributed by atoms with Crippen LogP contribution < -0.4 is 4.90 Å². The van der Waals surface area contributed by atoms with Crippen molar-refractivity contribution in [2.45, 2.75) is 16.4 Å². The Kier molecular flexibility index (Phi) is 9.00. The molecule has 11 aromatic carbocycles. The van der Waals surface area contributed by atoms with E-state index >= 15 is 0 Å². The van der Waals surface area contributed by atoms with Gasteiger partial charge in [-0.15, -0.1) is 0 Å². The van der Waals surface area contributed by atoms with Crippen molar-refractivity contribution in [2.24, 2.45) is 0 Å². The maximum Gasteiger partial charge on any atom is 0.122 e. The number of anilines is 2. The Morgan fingerprint density at radius 2 is 0.414 bits per heavy atom. The minimum Gasteiger partial charge on any atom is -0.323 e. The smallest absolute Gasteiger partial charge is 0.122 e. The van der Waals surface area contributed by atoms with E-state index in [1.807, 2.05) is 0 Å². The molecule has 0 saturated carbocycles. The highest BCUT2D eigenvalue weighted by molar-refractivity contribution is 5.91. The fourth-order valence-electron chi connectivity index (χ4n) is 13.3. The molecular weight excluding hydrogens is 843 g/mol. The molecule has 1 nitrogen and oxygen atoms in total. The lowest BCUT2D eigenvalue weighted by Gasteiger charge is -2.45. The molecule has 11 aromatic rings. The molecule has 0 radical (unpaired) electrons. The Hall–Kier alpha value is -8.78. The molecule has 328 valence electrons. The minimum atomic E-state index is -0.731. The Bertz CT molecular complexity index is 3440. The Labute approximate surface area is 410 Å². The first kappa shape index (κ1) is 40.3. The lowest BCUT2D eigenvalue weighted by atomic mass is 9.67. The van der Waals surface area contributed by atoms with Crippen molar-refractivity contribution in [3.05, 3.63) is 346 Å². The fraction of sp³-hybridized carbons (Fsp3) is 0.0435. The van der Waals surface area contributed by atoms with E-state index in [0.717, 1.165) is 11.4 Å². The van der Waals surface area contributed by atoms with Crippen LogP contribution in [-0.4, -0.2) is 0 Å². The molecule has 1 heteroatoms. The Morgan fingerprint density at radius 1 is 0.186 bits per heavy atom. The molecule has 0 amide bonds. The summed E-state index contributed by atoms with van der Waals surface area (Å²) in [5.74, 6) is 0. The number of hydrogen-bond acceptors (Lipinski definition) is 1. The van der Waals surface area contributed by atoms with Crippen LogP contribution in [0.1, 0.15) is 61.2 Å². The normalized spacial score (nSPS) is 14.6. The topological polar surface area (TPSA) is 3.24 Å². The van der Waals surface area contributed by atoms with Crippen molar-refractivity contribution in [3.8, 4) is 33.4 Å². The number of nitrogens with zero attached hydrogens (tertiary/aromatic N) is 1. The largest absolute Gasteiger partial charge is 0.323 e. The number of hydrogen-bond donors (Lipinski definition) is 0. The molecule has 0 bridgehead atoms. The summed E-state index contributed by atoms with van der Waals surface area (Å²) < 4.78 is 0. The van der Waals surface area contributed by atoms with Gasteiger partial charge in [-0.3, -0.25) is 0 Å². The summed E-state index contributed by atoms with van der Waals surface area (Å²) in [6.45, 7) is 0. The summed E-state index contributed by atoms with van der Waals surface area (Å²) in [4.78, 5) is 2.64. The van der Waals surface area contributed by atoms with E-state index in [1.165, 1.54) is 94.6 Å². The second-order valence-electron chi connectivity index (χ2n) is 19.0. The molecule has 3 aliphatic rings. The van der Waals surface area contributed by atoms with Crippen molar-refractivity contribution in [1.29, 1.82) is 0 Å². The van der Waals surface area contributed by atoms with Gasteiger partial charge in [0.25, 0.3) is 0 Å². The van der Waals surface area contributed by atoms with Crippen molar-refractivity contribution < 1.29 is 0 Å². The van der Waals surface area contributed by atoms with Gasteiger partial charge in [-0.1, -0.05) is 261 Å². The highest BCUT2D eigenvalue weighted by Gasteiger charge is 2.52. The SMILES string of the molecule is c1ccc(C2(c3ccc(N(c4ccc(C5(c6ccccc6)c6ccccc6-c6ccccc65)cc4)C4(c5ccccc5)c5ccccc5-c5ccccc54)cc3)c3ccccc3-c3ccccc32)cc1. The molecular formula is C69H47N. The van der Waals surface area contributed by atoms with Gasteiger partial charge in [0.2, 0.25) is 0 Å². The third-order valence-electron chi connectivity index (χ3n) is 15.9. The zero-order valence-electron chi connectivity index (χ0n) is 38.6. The highest BCUT2D eigenvalue weighted by atomic mass is 15.2. The van der Waals surface area contributed by atoms with Crippen LogP contribution in [0.25, 0.3) is 33.4 Å². The Balaban J connectivity index is 1.03. The van der Waals surface area contributed by atoms with Crippen LogP contribution in [0.3, 0.4) is 0 Å². The van der Waals surface area contributed by atoms with Crippen LogP contribution in [-0.2, 0) is 16.4 Å². The third kappa shape index (κ3) is 5.38. The molecule has 14 rings (SSSR count). The Morgan fingerprint density at radius 3 is 0.729 bits per heavy atom. The molecule has 0 aliphatic heterocycles. The molecule has 0 spiro atoms. The van der Waals surface area contributed by atoms with Crippen molar-refractivity contribution >= 4 is 11.4 Å². The van der Waals surface area contributed by atoms with Crippen LogP contribution in [0.4, 0.5) is 11.4 Å². The lowest BCUT2D eigenvalue weighted by Crippen LogP contribution is -2.44. The first-order valence-electron chi connectivity index (χ1n) is 24.5. The van der Waals surface area contributed by atoms with E-state index in [-0.39, 0.29) is 0 Å². The maximum atomic E-state index is 2.64. The van der Waals surface area contributed by atoms with Gasteiger partial charge >= 0.3 is 0 Å². The van der Waals surface area contributed by atoms with Gasteiger partial charge in [0.15, 0.2) is 0 Å². The number of benzene rings is 11. The van der Waals surface area contributed by atoms with E-state index in [9.17, 15) is 0 Å². The lowest BCUT2D eigenvalue weighted by molar-refractivity contribution is 0.643. The summed E-state index contributed by atoms with van der Waals surface area (Å²) in [5, 5.41) is 0. The number of fused-ring (bicyclic) bond motifs is 9. The van der Waals surface area contributed by atoms with E-state index in [4.69, 9.17) is 0 Å². The number of rotatable bonds is 8. The molecule has 70 heavy (non-hydrogen) atoms. The molecule has 0 unspecified atom stereocenters. The molecule has 0 atom stereocenters. The second kappa shape index (κ2) is 15.6. The maximum absolute atomic E-state index is 2.64. The van der Waals surface area contributed by atoms with E-state index in [1.54, 1.807) is 0 Å². The van der Waals surface area contributed by atoms with Crippen LogP contribution in [0.2, 0.25) is 0 Å². The summed E-state index contributed by atoms with van der Waals surface area (Å²) in [6, 6.07) is 107. The van der Waals surface area contributed by atoms with Crippen molar-refractivity contribution in [1.82, 2.24) is 0 Å². The van der Waals surface area contributed by atoms with E-state index in [0.29, 0.717) is 0 Å². The molecule has 0 N–H and O–H groups in total. The molecule has 0 heterocycles. The molecule has 0 saturated heterocycles. The second-order valence-corrected chi connectivity index (χ2v) is 19.0. The van der Waals surface area contributed by atoms with Gasteiger partial charge in [-0.05, 0) is 119 Å². The fourth-order valence-corrected chi connectivity index (χ4v) is 13.3. The zero-order valence-corrected chi connectivity index (χ0v) is 38.6. The van der Waals surface area contributed by atoms with Gasteiger partial charge in [0, 0.05) is 11.4 Å². The van der Waals surface area contributed by atoms with Gasteiger partial charge in [-0.25, -0.2) is 0 Å². The third-order valence-corrected chi connectivity index (χ3v) is 15.9. The average Bonchev–Trinajstić information content (AvgIpc) is 4.04. The standard InChI is InChI=1S/C69H47N/c1-4-22-48(23-5-1)67(61-34-16-10-28-55(61)56-29-11-17-35-62(56)67)50-40-44-53(45-41-50)70(69(52-26-8-3-9-27-52)65-38-20-14-32-59(65)60-33-15-21-39-66(60)69)54-46-42-51(43-47-54)68(49-24-6-2-7-25-49)63-36-18-12-30-57(63)58-31-13-19-37-64(58)68/h1-47H. The summed E-state index contributed by atoms with van der Waals surface area (Å²) in [6.07, 6.45) is 0. The summed E-state index contributed by atoms with van der Waals surface area (Å²) in [7, 11) is 0. The van der Waals surface area contributed by atoms with E-state index in [2.05, 4.69) is 290 Å². The highest BCUT2D eigenvalue weighted by Crippen LogP contribution is 2.61. The average molecular weight is 890 g/mol. The van der Waals surface area contributed by atoms with Crippen LogP contribution in [0.5, 0.6) is 0 Å². The van der Waals surface area contributed by atoms with Crippen molar-refractivity contribution in [3.63, 3.8) is 0 Å². The first-order chi connectivity index (χ1) is 34.7. The van der Waals surface area contributed by atoms with E-state index < -0.39 is 16.4 Å². The molecule has 3 aliphatic carbocycles. The van der Waals surface area contributed by atoms with Crippen LogP contribution in [0.15, 0.2) is 285 Å². The van der Waals surface area contributed by atoms with Crippen LogP contribution >= 0.6 is 0 Å². The predicted molar refractivity (Wildman–Crippen MR) is 288 cm³/mol. The first-order valence-corrected chi connectivity index (χ1v) is 24.5. The van der Waals surface area contributed by atoms with Crippen LogP contribution in [0, 0.1) is 0 Å². The summed E-state index contributed by atoms with van der Waals surface area (Å²) >= 11 is 0. The zero-order chi connectivity index (χ0) is 46.3. The van der Waals surface area contributed by atoms with Gasteiger partial charge < -0.3 is 4.90 Å². The van der Waals surface area contributed by atoms with Crippen molar-refractivity contribution in [2.75, 3.05) is 4.90 Å². The monoisotopic (exact) mass is 889 g/mol. The predicted octanol–water partition coefficient (Wildman–Crippen LogP) is 16.5. The summed E-state index contributed by atoms with van der Waals surface area (Å²) in [5.41, 5.74) is 22.1. The minimum absolute atomic E-state index is 0.511. The molecule has 0 aromatic heterocycles. The quantitative estimate of drug-likeness (QED) is 0.147. The van der Waals surface area contributed by atoms with Gasteiger partial charge in [0.05, 0.1) is 10.8 Å².